The largest absolute Gasteiger partial charge is 0.361 e. The average molecular weight is 403 g/mol. The van der Waals surface area contributed by atoms with E-state index in [0.717, 1.165) is 80.4 Å². The number of aromatic amines is 1. The van der Waals surface area contributed by atoms with Gasteiger partial charge in [-0.05, 0) is 43.4 Å². The Kier molecular flexibility index (Phi) is 4.51. The number of aryl methyl sites for hydroxylation is 1. The molecule has 3 aromatic heterocycles. The lowest BCUT2D eigenvalue weighted by Gasteiger charge is -2.39. The normalized spacial score (nSPS) is 18.3. The van der Waals surface area contributed by atoms with Gasteiger partial charge in [0.05, 0.1) is 11.9 Å². The molecule has 1 fully saturated rings. The summed E-state index contributed by atoms with van der Waals surface area (Å²) in [7, 11) is 0. The molecule has 5 heterocycles. The smallest absolute Gasteiger partial charge is 0.269 e. The number of nitrogens with zero attached hydrogens (tertiary/aromatic N) is 7. The third-order valence-corrected chi connectivity index (χ3v) is 6.42. The maximum Gasteiger partial charge on any atom is 0.269 e. The molecule has 0 radical (unpaired) electrons. The summed E-state index contributed by atoms with van der Waals surface area (Å²) < 4.78 is 0. The third-order valence-electron chi connectivity index (χ3n) is 6.42. The van der Waals surface area contributed by atoms with Crippen LogP contribution in [0.15, 0.2) is 18.3 Å². The summed E-state index contributed by atoms with van der Waals surface area (Å²) in [5.41, 5.74) is 9.53. The van der Waals surface area contributed by atoms with Gasteiger partial charge in [-0.3, -0.25) is 5.10 Å². The van der Waals surface area contributed by atoms with Crippen LogP contribution in [0.5, 0.6) is 0 Å². The number of aromatic nitrogens is 5. The van der Waals surface area contributed by atoms with Gasteiger partial charge in [-0.25, -0.2) is 9.97 Å². The van der Waals surface area contributed by atoms with Gasteiger partial charge in [-0.2, -0.15) is 5.10 Å². The Morgan fingerprint density at radius 3 is 2.83 bits per heavy atom. The maximum atomic E-state index is 7.20. The SMILES string of the molecule is [C-]#[N+]c1ccc2c(n1)CCCN2c1n[nH]c2nc(N3CCC(C)(CN)CC3)cnc12. The van der Waals surface area contributed by atoms with Crippen LogP contribution in [0.4, 0.5) is 23.1 Å². The van der Waals surface area contributed by atoms with Gasteiger partial charge in [-0.15, -0.1) is 4.98 Å². The highest BCUT2D eigenvalue weighted by atomic mass is 15.3. The number of nitrogens with two attached hydrogens (primary N) is 1. The van der Waals surface area contributed by atoms with E-state index in [-0.39, 0.29) is 5.41 Å². The summed E-state index contributed by atoms with van der Waals surface area (Å²) >= 11 is 0. The molecule has 0 bridgehead atoms. The van der Waals surface area contributed by atoms with Gasteiger partial charge >= 0.3 is 0 Å². The van der Waals surface area contributed by atoms with E-state index < -0.39 is 0 Å². The molecule has 0 unspecified atom stereocenters. The minimum Gasteiger partial charge on any atom is -0.361 e. The lowest BCUT2D eigenvalue weighted by atomic mass is 9.80. The van der Waals surface area contributed by atoms with Gasteiger partial charge in [-0.1, -0.05) is 13.5 Å². The van der Waals surface area contributed by atoms with E-state index in [2.05, 4.69) is 36.7 Å². The van der Waals surface area contributed by atoms with Crippen LogP contribution in [0.2, 0.25) is 0 Å². The van der Waals surface area contributed by atoms with Crippen molar-refractivity contribution in [2.45, 2.75) is 32.6 Å². The minimum absolute atomic E-state index is 0.220. The zero-order valence-electron chi connectivity index (χ0n) is 17.1. The maximum absolute atomic E-state index is 7.20. The number of nitrogens with one attached hydrogen (secondary N) is 1. The van der Waals surface area contributed by atoms with Crippen molar-refractivity contribution in [1.82, 2.24) is 25.1 Å². The second kappa shape index (κ2) is 7.22. The van der Waals surface area contributed by atoms with Gasteiger partial charge in [0, 0.05) is 26.1 Å². The van der Waals surface area contributed by atoms with Crippen molar-refractivity contribution < 1.29 is 0 Å². The van der Waals surface area contributed by atoms with E-state index in [4.69, 9.17) is 22.3 Å². The van der Waals surface area contributed by atoms with E-state index in [1.807, 2.05) is 12.3 Å². The molecule has 0 aromatic carbocycles. The summed E-state index contributed by atoms with van der Waals surface area (Å²) in [6, 6.07) is 3.72. The first-order valence-corrected chi connectivity index (χ1v) is 10.4. The summed E-state index contributed by atoms with van der Waals surface area (Å²) in [5, 5.41) is 7.60. The molecule has 0 saturated carbocycles. The first-order chi connectivity index (χ1) is 14.6. The van der Waals surface area contributed by atoms with E-state index in [1.165, 1.54) is 0 Å². The molecular weight excluding hydrogens is 378 g/mol. The second-order valence-electron chi connectivity index (χ2n) is 8.48. The summed E-state index contributed by atoms with van der Waals surface area (Å²) in [4.78, 5) is 21.9. The van der Waals surface area contributed by atoms with Crippen LogP contribution < -0.4 is 15.5 Å². The van der Waals surface area contributed by atoms with Crippen molar-refractivity contribution in [2.24, 2.45) is 11.1 Å². The number of hydrogen-bond donors (Lipinski definition) is 2. The molecular formula is C21H25N9. The van der Waals surface area contributed by atoms with Gasteiger partial charge in [0.1, 0.15) is 5.82 Å². The quantitative estimate of drug-likeness (QED) is 0.648. The molecule has 3 N–H and O–H groups in total. The minimum atomic E-state index is 0.220. The Morgan fingerprint density at radius 1 is 1.23 bits per heavy atom. The molecule has 0 atom stereocenters. The van der Waals surface area contributed by atoms with Crippen molar-refractivity contribution >= 4 is 34.3 Å². The van der Waals surface area contributed by atoms with Crippen molar-refractivity contribution in [3.63, 3.8) is 0 Å². The zero-order chi connectivity index (χ0) is 20.7. The first-order valence-electron chi connectivity index (χ1n) is 10.4. The van der Waals surface area contributed by atoms with Crippen LogP contribution in [0, 0.1) is 12.0 Å². The fraction of sp³-hybridized carbons (Fsp3) is 0.476. The molecule has 9 heteroatoms. The van der Waals surface area contributed by atoms with Crippen LogP contribution in [0.1, 0.15) is 31.9 Å². The van der Waals surface area contributed by atoms with Gasteiger partial charge < -0.3 is 20.4 Å². The number of piperidine rings is 1. The number of rotatable bonds is 3. The van der Waals surface area contributed by atoms with Crippen molar-refractivity contribution in [3.05, 3.63) is 35.4 Å². The fourth-order valence-electron chi connectivity index (χ4n) is 4.32. The number of hydrogen-bond acceptors (Lipinski definition) is 7. The Labute approximate surface area is 175 Å². The molecule has 154 valence electrons. The summed E-state index contributed by atoms with van der Waals surface area (Å²) in [5.74, 6) is 2.06. The number of H-pyrrole nitrogens is 1. The highest BCUT2D eigenvalue weighted by molar-refractivity contribution is 5.87. The lowest BCUT2D eigenvalue weighted by Crippen LogP contribution is -2.42. The molecule has 2 aliphatic heterocycles. The molecule has 9 nitrogen and oxygen atoms in total. The lowest BCUT2D eigenvalue weighted by molar-refractivity contribution is 0.258. The molecule has 0 amide bonds. The number of anilines is 3. The Morgan fingerprint density at radius 2 is 2.07 bits per heavy atom. The Balaban J connectivity index is 1.44. The highest BCUT2D eigenvalue weighted by Crippen LogP contribution is 2.36. The number of fused-ring (bicyclic) bond motifs is 2. The zero-order valence-corrected chi connectivity index (χ0v) is 17.1. The highest BCUT2D eigenvalue weighted by Gasteiger charge is 2.30. The molecule has 1 saturated heterocycles. The van der Waals surface area contributed by atoms with Crippen LogP contribution in [0.3, 0.4) is 0 Å². The monoisotopic (exact) mass is 403 g/mol. The first kappa shape index (κ1) is 18.8. The van der Waals surface area contributed by atoms with Crippen LogP contribution >= 0.6 is 0 Å². The van der Waals surface area contributed by atoms with Crippen molar-refractivity contribution in [3.8, 4) is 0 Å². The molecule has 0 aliphatic carbocycles. The second-order valence-corrected chi connectivity index (χ2v) is 8.48. The molecule has 3 aromatic rings. The van der Waals surface area contributed by atoms with Crippen molar-refractivity contribution in [2.75, 3.05) is 36.0 Å². The van der Waals surface area contributed by atoms with E-state index in [9.17, 15) is 0 Å². The number of pyridine rings is 1. The Hall–Kier alpha value is -3.25. The average Bonchev–Trinajstić information content (AvgIpc) is 3.22. The Bertz CT molecular complexity index is 1120. The van der Waals surface area contributed by atoms with Gasteiger partial charge in [0.2, 0.25) is 0 Å². The van der Waals surface area contributed by atoms with Gasteiger partial charge in [0.15, 0.2) is 22.7 Å². The van der Waals surface area contributed by atoms with Crippen LogP contribution in [-0.2, 0) is 6.42 Å². The van der Waals surface area contributed by atoms with Crippen molar-refractivity contribution in [1.29, 1.82) is 0 Å². The molecule has 30 heavy (non-hydrogen) atoms. The standard InChI is InChI=1S/C21H25N9/c1-21(13-22)7-10-29(11-8-21)17-12-24-18-19(26-17)27-28-20(18)30-9-3-4-14-15(30)5-6-16(23-2)25-14/h5-6,12H,3-4,7-11,13,22H2,1H3,(H,26,27,28). The predicted molar refractivity (Wildman–Crippen MR) is 116 cm³/mol. The van der Waals surface area contributed by atoms with Gasteiger partial charge in [0.25, 0.3) is 5.82 Å². The topological polar surface area (TPSA) is 104 Å². The molecule has 2 aliphatic rings. The van der Waals surface area contributed by atoms with Crippen LogP contribution in [-0.4, -0.2) is 51.3 Å². The summed E-state index contributed by atoms with van der Waals surface area (Å²) in [6.07, 6.45) is 5.78. The summed E-state index contributed by atoms with van der Waals surface area (Å²) in [6.45, 7) is 12.9. The van der Waals surface area contributed by atoms with E-state index in [0.29, 0.717) is 11.5 Å². The molecule has 5 rings (SSSR count). The predicted octanol–water partition coefficient (Wildman–Crippen LogP) is 2.95. The third kappa shape index (κ3) is 3.13. The van der Waals surface area contributed by atoms with E-state index >= 15 is 0 Å². The van der Waals surface area contributed by atoms with E-state index in [1.54, 1.807) is 6.07 Å². The van der Waals surface area contributed by atoms with Crippen LogP contribution in [0.25, 0.3) is 16.0 Å². The fourth-order valence-corrected chi connectivity index (χ4v) is 4.32. The molecule has 0 spiro atoms.